The van der Waals surface area contributed by atoms with Crippen molar-refractivity contribution in [2.45, 2.75) is 87.2 Å². The summed E-state index contributed by atoms with van der Waals surface area (Å²) in [6, 6.07) is 2.11. The molecule has 0 spiro atoms. The fourth-order valence-electron chi connectivity index (χ4n) is 5.14. The van der Waals surface area contributed by atoms with Crippen molar-refractivity contribution < 1.29 is 26.4 Å². The van der Waals surface area contributed by atoms with E-state index in [0.717, 1.165) is 38.2 Å². The first-order chi connectivity index (χ1) is 15.2. The van der Waals surface area contributed by atoms with Gasteiger partial charge in [-0.3, -0.25) is 4.79 Å². The van der Waals surface area contributed by atoms with Gasteiger partial charge in [-0.15, -0.1) is 0 Å². The predicted molar refractivity (Wildman–Crippen MR) is 115 cm³/mol. The van der Waals surface area contributed by atoms with Crippen LogP contribution in [0.15, 0.2) is 17.0 Å². The van der Waals surface area contributed by atoms with Crippen LogP contribution < -0.4 is 10.0 Å². The molecule has 1 aromatic rings. The van der Waals surface area contributed by atoms with E-state index >= 15 is 0 Å². The molecule has 2 saturated carbocycles. The number of hydrogen-bond acceptors (Lipinski definition) is 4. The number of rotatable bonds is 7. The van der Waals surface area contributed by atoms with Crippen molar-refractivity contribution in [3.63, 3.8) is 0 Å². The number of carbonyl (C=O) groups excluding carboxylic acids is 1. The summed E-state index contributed by atoms with van der Waals surface area (Å²) in [5, 5.41) is 3.12. The number of hydrogen-bond donors (Lipinski definition) is 2. The first kappa shape index (κ1) is 23.7. The minimum atomic E-state index is -4.82. The van der Waals surface area contributed by atoms with E-state index in [0.29, 0.717) is 38.8 Å². The lowest BCUT2D eigenvalue weighted by molar-refractivity contribution is -0.139. The lowest BCUT2D eigenvalue weighted by atomic mass is 9.81. The summed E-state index contributed by atoms with van der Waals surface area (Å²) >= 11 is 0. The Balaban J connectivity index is 1.80. The molecule has 9 heteroatoms. The van der Waals surface area contributed by atoms with Crippen molar-refractivity contribution in [2.75, 3.05) is 13.1 Å². The summed E-state index contributed by atoms with van der Waals surface area (Å²) in [5.74, 6) is -1.00. The number of carbonyl (C=O) groups is 1. The molecule has 2 aliphatic carbocycles. The second-order valence-electron chi connectivity index (χ2n) is 9.45. The van der Waals surface area contributed by atoms with Crippen molar-refractivity contribution in [2.24, 2.45) is 5.92 Å². The van der Waals surface area contributed by atoms with Crippen LogP contribution in [0.3, 0.4) is 0 Å². The zero-order valence-electron chi connectivity index (χ0n) is 18.1. The molecule has 0 bridgehead atoms. The van der Waals surface area contributed by atoms with E-state index in [2.05, 4.69) is 10.0 Å². The fourth-order valence-corrected chi connectivity index (χ4v) is 6.74. The third-order valence-corrected chi connectivity index (χ3v) is 8.50. The van der Waals surface area contributed by atoms with Crippen LogP contribution in [-0.4, -0.2) is 33.3 Å². The molecule has 32 heavy (non-hydrogen) atoms. The smallest absolute Gasteiger partial charge is 0.317 e. The second-order valence-corrected chi connectivity index (χ2v) is 11.1. The van der Waals surface area contributed by atoms with Crippen molar-refractivity contribution in [1.82, 2.24) is 10.0 Å². The van der Waals surface area contributed by atoms with Gasteiger partial charge in [0.25, 0.3) is 0 Å². The second kappa shape index (κ2) is 9.43. The van der Waals surface area contributed by atoms with E-state index in [4.69, 9.17) is 0 Å². The van der Waals surface area contributed by atoms with Gasteiger partial charge in [0.2, 0.25) is 10.0 Å². The van der Waals surface area contributed by atoms with Gasteiger partial charge in [0, 0.05) is 18.0 Å². The minimum absolute atomic E-state index is 0.0845. The van der Waals surface area contributed by atoms with E-state index in [9.17, 15) is 26.4 Å². The molecule has 178 valence electrons. The Morgan fingerprint density at radius 2 is 1.66 bits per heavy atom. The molecule has 0 atom stereocenters. The Morgan fingerprint density at radius 3 is 2.25 bits per heavy atom. The molecule has 0 amide bonds. The molecule has 1 heterocycles. The summed E-state index contributed by atoms with van der Waals surface area (Å²) in [6.07, 6.45) is 2.23. The largest absolute Gasteiger partial charge is 0.417 e. The average Bonchev–Trinajstić information content (AvgIpc) is 3.56. The molecule has 1 saturated heterocycles. The van der Waals surface area contributed by atoms with Crippen LogP contribution in [0.25, 0.3) is 0 Å². The standard InChI is InChI=1S/C23H31F3N2O3S/c24-23(25,26)22-18(19(29)14-15-4-2-1-3-5-15)8-9-20(32(30,31)28-17-6-7-17)21(22)16-10-12-27-13-11-16/h8-9,15-17,27-28H,1-7,10-14H2. The first-order valence-corrected chi connectivity index (χ1v) is 13.2. The van der Waals surface area contributed by atoms with Crippen LogP contribution in [0.1, 0.15) is 91.6 Å². The molecule has 0 aromatic heterocycles. The van der Waals surface area contributed by atoms with Crippen LogP contribution in [0.2, 0.25) is 0 Å². The zero-order chi connectivity index (χ0) is 22.9. The number of nitrogens with one attached hydrogen (secondary N) is 2. The summed E-state index contributed by atoms with van der Waals surface area (Å²) in [4.78, 5) is 12.8. The third-order valence-electron chi connectivity index (χ3n) is 6.92. The molecule has 0 unspecified atom stereocenters. The highest BCUT2D eigenvalue weighted by molar-refractivity contribution is 7.89. The molecular formula is C23H31F3N2O3S. The maximum Gasteiger partial charge on any atom is 0.417 e. The van der Waals surface area contributed by atoms with Crippen LogP contribution >= 0.6 is 0 Å². The van der Waals surface area contributed by atoms with Gasteiger partial charge in [-0.2, -0.15) is 13.2 Å². The van der Waals surface area contributed by atoms with Gasteiger partial charge >= 0.3 is 6.18 Å². The molecule has 1 aliphatic heterocycles. The van der Waals surface area contributed by atoms with Gasteiger partial charge in [-0.1, -0.05) is 32.1 Å². The van der Waals surface area contributed by atoms with Gasteiger partial charge in [-0.25, -0.2) is 13.1 Å². The van der Waals surface area contributed by atoms with E-state index in [1.165, 1.54) is 6.07 Å². The number of alkyl halides is 3. The van der Waals surface area contributed by atoms with Crippen molar-refractivity contribution in [1.29, 1.82) is 0 Å². The lowest BCUT2D eigenvalue weighted by Crippen LogP contribution is -2.32. The first-order valence-electron chi connectivity index (χ1n) is 11.7. The van der Waals surface area contributed by atoms with Gasteiger partial charge < -0.3 is 5.32 Å². The SMILES string of the molecule is O=C(CC1CCCCC1)c1ccc(S(=O)(=O)NC2CC2)c(C2CCNCC2)c1C(F)(F)F. The van der Waals surface area contributed by atoms with Gasteiger partial charge in [-0.05, 0) is 68.3 Å². The predicted octanol–water partition coefficient (Wildman–Crippen LogP) is 4.77. The van der Waals surface area contributed by atoms with E-state index in [1.54, 1.807) is 0 Å². The van der Waals surface area contributed by atoms with Crippen LogP contribution in [0, 0.1) is 5.92 Å². The number of piperidine rings is 1. The number of sulfonamides is 1. The molecule has 0 radical (unpaired) electrons. The molecule has 4 rings (SSSR count). The topological polar surface area (TPSA) is 75.3 Å². The Labute approximate surface area is 187 Å². The van der Waals surface area contributed by atoms with Crippen molar-refractivity contribution in [3.05, 3.63) is 28.8 Å². The van der Waals surface area contributed by atoms with Crippen LogP contribution in [-0.2, 0) is 16.2 Å². The summed E-state index contributed by atoms with van der Waals surface area (Å²) in [7, 11) is -4.11. The van der Waals surface area contributed by atoms with Crippen LogP contribution in [0.4, 0.5) is 13.2 Å². The monoisotopic (exact) mass is 472 g/mol. The fraction of sp³-hybridized carbons (Fsp3) is 0.696. The molecular weight excluding hydrogens is 441 g/mol. The Morgan fingerprint density at radius 1 is 1.00 bits per heavy atom. The molecule has 2 N–H and O–H groups in total. The number of ketones is 1. The van der Waals surface area contributed by atoms with Gasteiger partial charge in [0.15, 0.2) is 5.78 Å². The summed E-state index contributed by atoms with van der Waals surface area (Å²) < 4.78 is 72.0. The molecule has 3 fully saturated rings. The summed E-state index contributed by atoms with van der Waals surface area (Å²) in [6.45, 7) is 1.02. The maximum absolute atomic E-state index is 14.5. The average molecular weight is 473 g/mol. The number of Topliss-reactive ketones (excluding diaryl/α,β-unsaturated/α-hetero) is 1. The Hall–Kier alpha value is -1.45. The highest BCUT2D eigenvalue weighted by Crippen LogP contribution is 2.44. The normalized spacial score (nSPS) is 21.6. The van der Waals surface area contributed by atoms with E-state index in [-0.39, 0.29) is 34.4 Å². The van der Waals surface area contributed by atoms with Gasteiger partial charge in [0.05, 0.1) is 10.5 Å². The highest BCUT2D eigenvalue weighted by Gasteiger charge is 2.43. The van der Waals surface area contributed by atoms with Crippen molar-refractivity contribution >= 4 is 15.8 Å². The van der Waals surface area contributed by atoms with Crippen LogP contribution in [0.5, 0.6) is 0 Å². The molecule has 3 aliphatic rings. The quantitative estimate of drug-likeness (QED) is 0.561. The molecule has 5 nitrogen and oxygen atoms in total. The number of halogens is 3. The molecule has 1 aromatic carbocycles. The Kier molecular flexibility index (Phi) is 6.98. The maximum atomic E-state index is 14.5. The number of benzene rings is 1. The van der Waals surface area contributed by atoms with Gasteiger partial charge in [0.1, 0.15) is 0 Å². The summed E-state index contributed by atoms with van der Waals surface area (Å²) in [5.41, 5.74) is -1.63. The highest BCUT2D eigenvalue weighted by atomic mass is 32.2. The third kappa shape index (κ3) is 5.37. The minimum Gasteiger partial charge on any atom is -0.317 e. The van der Waals surface area contributed by atoms with E-state index < -0.39 is 33.5 Å². The lowest BCUT2D eigenvalue weighted by Gasteiger charge is -2.29. The Bertz CT molecular complexity index is 946. The van der Waals surface area contributed by atoms with E-state index in [1.807, 2.05) is 0 Å². The zero-order valence-corrected chi connectivity index (χ0v) is 19.0. The van der Waals surface area contributed by atoms with Crippen molar-refractivity contribution in [3.8, 4) is 0 Å².